The molecule has 2 aromatic rings. The van der Waals surface area contributed by atoms with Crippen molar-refractivity contribution in [1.82, 2.24) is 0 Å². The van der Waals surface area contributed by atoms with Crippen LogP contribution in [0.3, 0.4) is 0 Å². The van der Waals surface area contributed by atoms with Crippen LogP contribution in [0.4, 0.5) is 25.8 Å². The molecule has 184 valence electrons. The third kappa shape index (κ3) is 7.29. The maximum absolute atomic E-state index is 12.2. The summed E-state index contributed by atoms with van der Waals surface area (Å²) in [6.07, 6.45) is -3.62. The predicted octanol–water partition coefficient (Wildman–Crippen LogP) is 2.48. The molecule has 0 saturated carbocycles. The van der Waals surface area contributed by atoms with Crippen molar-refractivity contribution in [2.24, 2.45) is 0 Å². The van der Waals surface area contributed by atoms with Gasteiger partial charge in [0.25, 0.3) is 0 Å². The normalized spacial score (nSPS) is 9.56. The number of rotatable bonds is 6. The molecule has 0 saturated heterocycles. The highest BCUT2D eigenvalue weighted by atomic mass is 16.8. The summed E-state index contributed by atoms with van der Waals surface area (Å²) >= 11 is 0. The molecule has 0 bridgehead atoms. The predicted molar refractivity (Wildman–Crippen MR) is 119 cm³/mol. The second-order valence-corrected chi connectivity index (χ2v) is 6.63. The highest BCUT2D eigenvalue weighted by Gasteiger charge is 2.26. The monoisotopic (exact) mass is 494 g/mol. The van der Waals surface area contributed by atoms with E-state index in [-0.39, 0.29) is 11.4 Å². The lowest BCUT2D eigenvalue weighted by Crippen LogP contribution is -2.39. The number of amides is 2. The molecule has 0 aliphatic rings. The molecule has 13 heteroatoms. The average molecular weight is 494 g/mol. The van der Waals surface area contributed by atoms with Crippen LogP contribution in [0.15, 0.2) is 48.5 Å². The van der Waals surface area contributed by atoms with Gasteiger partial charge >= 0.3 is 30.3 Å². The first-order chi connectivity index (χ1) is 17.2. The first-order valence-electron chi connectivity index (χ1n) is 9.89. The van der Waals surface area contributed by atoms with Gasteiger partial charge < -0.3 is 18.9 Å². The molecule has 0 aliphatic carbocycles. The van der Waals surface area contributed by atoms with Crippen LogP contribution in [0, 0.1) is 22.7 Å². The molecule has 0 heterocycles. The van der Waals surface area contributed by atoms with Gasteiger partial charge in [0.05, 0.1) is 37.5 Å². The van der Waals surface area contributed by atoms with Crippen LogP contribution in [0.1, 0.15) is 11.1 Å². The summed E-state index contributed by atoms with van der Waals surface area (Å²) in [6.45, 7) is -1.58. The van der Waals surface area contributed by atoms with Gasteiger partial charge in [0.1, 0.15) is 13.1 Å². The minimum absolute atomic E-state index is 0.165. The van der Waals surface area contributed by atoms with E-state index in [1.54, 1.807) is 0 Å². The van der Waals surface area contributed by atoms with Gasteiger partial charge in [-0.25, -0.2) is 24.0 Å². The molecule has 0 atom stereocenters. The number of carbonyl (C=O) groups excluding carboxylic acids is 5. The number of anilines is 2. The maximum atomic E-state index is 12.2. The first kappa shape index (κ1) is 26.8. The van der Waals surface area contributed by atoms with E-state index in [1.807, 2.05) is 12.1 Å². The van der Waals surface area contributed by atoms with Gasteiger partial charge in [0.2, 0.25) is 0 Å². The summed E-state index contributed by atoms with van der Waals surface area (Å²) in [7, 11) is 2.14. The zero-order valence-electron chi connectivity index (χ0n) is 19.0. The Kier molecular flexibility index (Phi) is 9.47. The Morgan fingerprint density at radius 2 is 1.00 bits per heavy atom. The topological polar surface area (TPSA) is 176 Å². The van der Waals surface area contributed by atoms with E-state index in [0.717, 1.165) is 24.0 Å². The minimum Gasteiger partial charge on any atom is -0.452 e. The molecule has 36 heavy (non-hydrogen) atoms. The summed E-state index contributed by atoms with van der Waals surface area (Å²) < 4.78 is 18.1. The molecule has 0 N–H and O–H groups in total. The fourth-order valence-electron chi connectivity index (χ4n) is 2.70. The second kappa shape index (κ2) is 12.7. The number of nitrogens with zero attached hydrogens (tertiary/aromatic N) is 4. The molecule has 0 unspecified atom stereocenters. The van der Waals surface area contributed by atoms with Crippen molar-refractivity contribution in [3.8, 4) is 12.1 Å². The van der Waals surface area contributed by atoms with Crippen LogP contribution in [-0.4, -0.2) is 57.6 Å². The largest absolute Gasteiger partial charge is 0.524 e. The van der Waals surface area contributed by atoms with Gasteiger partial charge in [-0.2, -0.15) is 10.5 Å². The molecule has 2 aromatic carbocycles. The Hall–Kier alpha value is -5.43. The van der Waals surface area contributed by atoms with Crippen LogP contribution >= 0.6 is 0 Å². The van der Waals surface area contributed by atoms with Gasteiger partial charge in [-0.15, -0.1) is 0 Å². The van der Waals surface area contributed by atoms with Crippen molar-refractivity contribution >= 4 is 41.7 Å². The Morgan fingerprint density at radius 3 is 1.28 bits per heavy atom. The Bertz CT molecular complexity index is 1130. The molecule has 13 nitrogen and oxygen atoms in total. The zero-order chi connectivity index (χ0) is 26.7. The lowest BCUT2D eigenvalue weighted by Gasteiger charge is -2.20. The maximum Gasteiger partial charge on any atom is 0.524 e. The van der Waals surface area contributed by atoms with Crippen LogP contribution in [0.2, 0.25) is 0 Å². The minimum atomic E-state index is -1.70. The average Bonchev–Trinajstić information content (AvgIpc) is 2.89. The van der Waals surface area contributed by atoms with E-state index in [9.17, 15) is 24.0 Å². The lowest BCUT2D eigenvalue weighted by molar-refractivity contribution is -0.144. The molecule has 0 aliphatic heterocycles. The number of benzene rings is 2. The molecular weight excluding hydrogens is 476 g/mol. The van der Waals surface area contributed by atoms with Crippen molar-refractivity contribution in [2.45, 2.75) is 0 Å². The summed E-state index contributed by atoms with van der Waals surface area (Å²) in [5.74, 6) is -2.53. The standard InChI is InChI=1S/C23H18N4O9/c1-33-21(30)26(17-7-3-15(11-24)4-8-17)13-19(28)35-23(32)36-20(29)14-27(22(31)34-2)18-9-5-16(12-25)6-10-18/h3-10H,13-14H2,1-2H3. The van der Waals surface area contributed by atoms with Crippen LogP contribution in [-0.2, 0) is 28.5 Å². The Balaban J connectivity index is 2.02. The van der Waals surface area contributed by atoms with Crippen molar-refractivity contribution in [1.29, 1.82) is 10.5 Å². The zero-order valence-corrected chi connectivity index (χ0v) is 19.0. The molecule has 2 rings (SSSR count). The number of hydrogen-bond donors (Lipinski definition) is 0. The molecule has 2 amide bonds. The number of hydrogen-bond acceptors (Lipinski definition) is 11. The third-order valence-corrected chi connectivity index (χ3v) is 4.37. The third-order valence-electron chi connectivity index (χ3n) is 4.37. The number of methoxy groups -OCH3 is 2. The van der Waals surface area contributed by atoms with Gasteiger partial charge in [0.15, 0.2) is 0 Å². The smallest absolute Gasteiger partial charge is 0.452 e. The number of nitriles is 2. The molecule has 0 fully saturated rings. The lowest BCUT2D eigenvalue weighted by atomic mass is 10.2. The first-order valence-corrected chi connectivity index (χ1v) is 9.89. The molecule has 0 spiro atoms. The second-order valence-electron chi connectivity index (χ2n) is 6.63. The summed E-state index contributed by atoms with van der Waals surface area (Å²) in [5, 5.41) is 17.8. The molecule has 0 radical (unpaired) electrons. The number of carbonyl (C=O) groups is 5. The van der Waals surface area contributed by atoms with Crippen LogP contribution in [0.25, 0.3) is 0 Å². The molecule has 0 aromatic heterocycles. The number of ether oxygens (including phenoxy) is 4. The summed E-state index contributed by atoms with van der Waals surface area (Å²) in [6, 6.07) is 14.8. The number of esters is 2. The summed E-state index contributed by atoms with van der Waals surface area (Å²) in [4.78, 5) is 62.0. The fourth-order valence-corrected chi connectivity index (χ4v) is 2.70. The highest BCUT2D eigenvalue weighted by molar-refractivity contribution is 5.98. The van der Waals surface area contributed by atoms with E-state index < -0.39 is 43.4 Å². The quantitative estimate of drug-likeness (QED) is 0.327. The summed E-state index contributed by atoms with van der Waals surface area (Å²) in [5.41, 5.74) is 0.933. The van der Waals surface area contributed by atoms with Gasteiger partial charge in [0, 0.05) is 11.4 Å². The molecular formula is C23H18N4O9. The van der Waals surface area contributed by atoms with E-state index in [2.05, 4.69) is 18.9 Å². The van der Waals surface area contributed by atoms with Crippen molar-refractivity contribution in [3.63, 3.8) is 0 Å². The van der Waals surface area contributed by atoms with E-state index in [4.69, 9.17) is 10.5 Å². The van der Waals surface area contributed by atoms with Gasteiger partial charge in [-0.1, -0.05) is 0 Å². The van der Waals surface area contributed by atoms with Gasteiger partial charge in [-0.05, 0) is 48.5 Å². The van der Waals surface area contributed by atoms with E-state index in [1.165, 1.54) is 48.5 Å². The van der Waals surface area contributed by atoms with Gasteiger partial charge in [-0.3, -0.25) is 9.80 Å². The fraction of sp³-hybridized carbons (Fsp3) is 0.174. The van der Waals surface area contributed by atoms with Crippen molar-refractivity contribution in [2.75, 3.05) is 37.1 Å². The van der Waals surface area contributed by atoms with Crippen LogP contribution < -0.4 is 9.80 Å². The Labute approximate surface area is 204 Å². The SMILES string of the molecule is COC(=O)N(CC(=O)OC(=O)OC(=O)CN(C(=O)OC)c1ccc(C#N)cc1)c1ccc(C#N)cc1. The van der Waals surface area contributed by atoms with Crippen molar-refractivity contribution in [3.05, 3.63) is 59.7 Å². The Morgan fingerprint density at radius 1 is 0.667 bits per heavy atom. The van der Waals surface area contributed by atoms with Crippen LogP contribution in [0.5, 0.6) is 0 Å². The van der Waals surface area contributed by atoms with E-state index in [0.29, 0.717) is 11.1 Å². The van der Waals surface area contributed by atoms with E-state index >= 15 is 0 Å². The highest BCUT2D eigenvalue weighted by Crippen LogP contribution is 2.18. The van der Waals surface area contributed by atoms with Crippen molar-refractivity contribution < 1.29 is 42.9 Å².